The van der Waals surface area contributed by atoms with E-state index in [4.69, 9.17) is 17.3 Å². The van der Waals surface area contributed by atoms with E-state index in [1.807, 2.05) is 0 Å². The van der Waals surface area contributed by atoms with Crippen molar-refractivity contribution in [2.75, 3.05) is 12.3 Å². The Morgan fingerprint density at radius 1 is 1.69 bits per heavy atom. The fourth-order valence-electron chi connectivity index (χ4n) is 1.07. The summed E-state index contributed by atoms with van der Waals surface area (Å²) in [4.78, 5) is 14.8. The minimum atomic E-state index is -2.84. The molecule has 0 unspecified atom stereocenters. The summed E-state index contributed by atoms with van der Waals surface area (Å²) in [5, 5.41) is -0.300. The molecule has 0 bridgehead atoms. The molecule has 0 atom stereocenters. The summed E-state index contributed by atoms with van der Waals surface area (Å²) in [6, 6.07) is 1.01. The Kier molecular flexibility index (Phi) is 4.00. The summed E-state index contributed by atoms with van der Waals surface area (Å²) >= 11 is 5.57. The molecule has 88 valence electrons. The van der Waals surface area contributed by atoms with Crippen LogP contribution in [0.25, 0.3) is 0 Å². The molecule has 1 heterocycles. The van der Waals surface area contributed by atoms with Gasteiger partial charge in [0.2, 0.25) is 0 Å². The van der Waals surface area contributed by atoms with E-state index >= 15 is 0 Å². The Bertz CT molecular complexity index is 389. The number of nitrogen functional groups attached to an aromatic ring is 1. The number of ether oxygens (including phenoxy) is 1. The van der Waals surface area contributed by atoms with Crippen LogP contribution in [0, 0.1) is 0 Å². The molecule has 2 N–H and O–H groups in total. The molecular formula is C9H9ClF2N2O2. The van der Waals surface area contributed by atoms with Crippen LogP contribution in [0.15, 0.2) is 6.07 Å². The first-order chi connectivity index (χ1) is 7.47. The molecule has 0 saturated heterocycles. The SMILES string of the molecule is CCOC(=O)c1cc(Cl)c(C(F)F)c(N)n1. The van der Waals surface area contributed by atoms with Gasteiger partial charge in [0.25, 0.3) is 6.43 Å². The molecule has 16 heavy (non-hydrogen) atoms. The molecule has 0 fully saturated rings. The second kappa shape index (κ2) is 5.07. The van der Waals surface area contributed by atoms with Crippen molar-refractivity contribution < 1.29 is 18.3 Å². The third kappa shape index (κ3) is 2.57. The standard InChI is InChI=1S/C9H9ClF2N2O2/c1-2-16-9(15)5-3-4(10)6(7(11)12)8(13)14-5/h3,7H,2H2,1H3,(H2,13,14). The first-order valence-electron chi connectivity index (χ1n) is 4.38. The second-order valence-electron chi connectivity index (χ2n) is 2.81. The van der Waals surface area contributed by atoms with Crippen molar-refractivity contribution >= 4 is 23.4 Å². The lowest BCUT2D eigenvalue weighted by atomic mass is 10.2. The number of anilines is 1. The van der Waals surface area contributed by atoms with E-state index < -0.39 is 23.8 Å². The highest BCUT2D eigenvalue weighted by Crippen LogP contribution is 2.31. The highest BCUT2D eigenvalue weighted by Gasteiger charge is 2.20. The summed E-state index contributed by atoms with van der Waals surface area (Å²) in [6.45, 7) is 1.75. The minimum Gasteiger partial charge on any atom is -0.461 e. The van der Waals surface area contributed by atoms with Crippen molar-refractivity contribution in [1.82, 2.24) is 4.98 Å². The second-order valence-corrected chi connectivity index (χ2v) is 3.22. The molecule has 0 amide bonds. The normalized spacial score (nSPS) is 10.6. The Balaban J connectivity index is 3.14. The summed E-state index contributed by atoms with van der Waals surface area (Å²) in [6.07, 6.45) is -2.84. The maximum atomic E-state index is 12.4. The van der Waals surface area contributed by atoms with Gasteiger partial charge in [0.1, 0.15) is 5.82 Å². The zero-order chi connectivity index (χ0) is 12.3. The average molecular weight is 251 g/mol. The molecule has 1 aromatic rings. The third-order valence-electron chi connectivity index (χ3n) is 1.74. The van der Waals surface area contributed by atoms with E-state index in [2.05, 4.69) is 9.72 Å². The quantitative estimate of drug-likeness (QED) is 0.837. The van der Waals surface area contributed by atoms with E-state index in [1.165, 1.54) is 0 Å². The maximum Gasteiger partial charge on any atom is 0.357 e. The largest absolute Gasteiger partial charge is 0.461 e. The highest BCUT2D eigenvalue weighted by atomic mass is 35.5. The molecule has 4 nitrogen and oxygen atoms in total. The molecule has 0 aromatic carbocycles. The molecule has 0 aliphatic carbocycles. The lowest BCUT2D eigenvalue weighted by Crippen LogP contribution is -2.10. The summed E-state index contributed by atoms with van der Waals surface area (Å²) < 4.78 is 29.5. The van der Waals surface area contributed by atoms with Crippen molar-refractivity contribution in [3.63, 3.8) is 0 Å². The number of halogens is 3. The number of carbonyl (C=O) groups excluding carboxylic acids is 1. The Morgan fingerprint density at radius 3 is 2.75 bits per heavy atom. The number of hydrogen-bond donors (Lipinski definition) is 1. The predicted octanol–water partition coefficient (Wildman–Crippen LogP) is 2.43. The summed E-state index contributed by atoms with van der Waals surface area (Å²) in [5.41, 5.74) is 4.51. The van der Waals surface area contributed by atoms with Crippen LogP contribution < -0.4 is 5.73 Å². The van der Waals surface area contributed by atoms with Gasteiger partial charge in [-0.3, -0.25) is 0 Å². The van der Waals surface area contributed by atoms with Gasteiger partial charge in [0.15, 0.2) is 5.69 Å². The lowest BCUT2D eigenvalue weighted by molar-refractivity contribution is 0.0519. The van der Waals surface area contributed by atoms with E-state index in [0.29, 0.717) is 0 Å². The summed E-state index contributed by atoms with van der Waals surface area (Å²) in [5.74, 6) is -1.22. The Morgan fingerprint density at radius 2 is 2.31 bits per heavy atom. The minimum absolute atomic E-state index is 0.147. The zero-order valence-electron chi connectivity index (χ0n) is 8.34. The van der Waals surface area contributed by atoms with Crippen LogP contribution in [0.2, 0.25) is 5.02 Å². The van der Waals surface area contributed by atoms with E-state index in [-0.39, 0.29) is 17.3 Å². The number of nitrogens with two attached hydrogens (primary N) is 1. The van der Waals surface area contributed by atoms with Crippen LogP contribution in [0.1, 0.15) is 29.4 Å². The van der Waals surface area contributed by atoms with Crippen LogP contribution in [0.4, 0.5) is 14.6 Å². The van der Waals surface area contributed by atoms with E-state index in [1.54, 1.807) is 6.92 Å². The third-order valence-corrected chi connectivity index (χ3v) is 2.05. The molecule has 7 heteroatoms. The van der Waals surface area contributed by atoms with Gasteiger partial charge in [0, 0.05) is 0 Å². The number of hydrogen-bond acceptors (Lipinski definition) is 4. The van der Waals surface area contributed by atoms with Crippen LogP contribution in [0.3, 0.4) is 0 Å². The van der Waals surface area contributed by atoms with Gasteiger partial charge in [0.05, 0.1) is 17.2 Å². The van der Waals surface area contributed by atoms with Crippen LogP contribution in [-0.4, -0.2) is 17.6 Å². The number of nitrogens with zero attached hydrogens (tertiary/aromatic N) is 1. The fourth-order valence-corrected chi connectivity index (χ4v) is 1.35. The number of pyridine rings is 1. The first kappa shape index (κ1) is 12.6. The molecule has 0 aliphatic heterocycles. The molecule has 0 aliphatic rings. The molecule has 0 radical (unpaired) electrons. The van der Waals surface area contributed by atoms with Crippen LogP contribution in [-0.2, 0) is 4.74 Å². The van der Waals surface area contributed by atoms with Gasteiger partial charge in [-0.05, 0) is 13.0 Å². The van der Waals surface area contributed by atoms with Gasteiger partial charge in [-0.1, -0.05) is 11.6 Å². The number of alkyl halides is 2. The molecule has 0 saturated carbocycles. The van der Waals surface area contributed by atoms with Gasteiger partial charge >= 0.3 is 5.97 Å². The van der Waals surface area contributed by atoms with Crippen molar-refractivity contribution in [3.05, 3.63) is 22.3 Å². The van der Waals surface area contributed by atoms with Gasteiger partial charge in [-0.15, -0.1) is 0 Å². The Labute approximate surface area is 95.4 Å². The summed E-state index contributed by atoms with van der Waals surface area (Å²) in [7, 11) is 0. The van der Waals surface area contributed by atoms with Gasteiger partial charge < -0.3 is 10.5 Å². The van der Waals surface area contributed by atoms with E-state index in [0.717, 1.165) is 6.07 Å². The van der Waals surface area contributed by atoms with Crippen LogP contribution in [0.5, 0.6) is 0 Å². The molecule has 0 spiro atoms. The molecule has 1 rings (SSSR count). The topological polar surface area (TPSA) is 65.2 Å². The van der Waals surface area contributed by atoms with Crippen molar-refractivity contribution in [1.29, 1.82) is 0 Å². The first-order valence-corrected chi connectivity index (χ1v) is 4.76. The molecular weight excluding hydrogens is 242 g/mol. The predicted molar refractivity (Wildman–Crippen MR) is 54.6 cm³/mol. The van der Waals surface area contributed by atoms with Crippen molar-refractivity contribution in [3.8, 4) is 0 Å². The zero-order valence-corrected chi connectivity index (χ0v) is 9.09. The number of rotatable bonds is 3. The Hall–Kier alpha value is -1.43. The monoisotopic (exact) mass is 250 g/mol. The number of carbonyl (C=O) groups is 1. The molecule has 1 aromatic heterocycles. The van der Waals surface area contributed by atoms with Gasteiger partial charge in [-0.2, -0.15) is 0 Å². The smallest absolute Gasteiger partial charge is 0.357 e. The van der Waals surface area contributed by atoms with Crippen molar-refractivity contribution in [2.24, 2.45) is 0 Å². The number of aromatic nitrogens is 1. The highest BCUT2D eigenvalue weighted by molar-refractivity contribution is 6.32. The fraction of sp³-hybridized carbons (Fsp3) is 0.333. The lowest BCUT2D eigenvalue weighted by Gasteiger charge is -2.08. The average Bonchev–Trinajstić information content (AvgIpc) is 2.16. The number of esters is 1. The van der Waals surface area contributed by atoms with Crippen LogP contribution >= 0.6 is 11.6 Å². The van der Waals surface area contributed by atoms with E-state index in [9.17, 15) is 13.6 Å². The van der Waals surface area contributed by atoms with Crippen molar-refractivity contribution in [2.45, 2.75) is 13.3 Å². The maximum absolute atomic E-state index is 12.4. The van der Waals surface area contributed by atoms with Gasteiger partial charge in [-0.25, -0.2) is 18.6 Å².